The van der Waals surface area contributed by atoms with Gasteiger partial charge in [0.05, 0.1) is 22.4 Å². The number of nitrogens with zero attached hydrogens (tertiary/aromatic N) is 3. The lowest BCUT2D eigenvalue weighted by Gasteiger charge is -2.07. The van der Waals surface area contributed by atoms with Gasteiger partial charge in [0, 0.05) is 6.20 Å². The summed E-state index contributed by atoms with van der Waals surface area (Å²) in [6.07, 6.45) is 3.38. The molecule has 0 fully saturated rings. The SMILES string of the molecule is Nc1nc2cnccc2n1-c1ccccc1Cl. The van der Waals surface area contributed by atoms with E-state index in [9.17, 15) is 0 Å². The molecular formula is C12H9ClN4. The third-order valence-electron chi connectivity index (χ3n) is 2.58. The quantitative estimate of drug-likeness (QED) is 0.716. The zero-order valence-corrected chi connectivity index (χ0v) is 9.59. The predicted molar refractivity (Wildman–Crippen MR) is 68.3 cm³/mol. The van der Waals surface area contributed by atoms with Crippen LogP contribution < -0.4 is 5.73 Å². The molecule has 0 aliphatic heterocycles. The molecule has 5 heteroatoms. The number of halogens is 1. The lowest BCUT2D eigenvalue weighted by molar-refractivity contribution is 1.11. The number of hydrogen-bond acceptors (Lipinski definition) is 3. The van der Waals surface area contributed by atoms with Gasteiger partial charge in [-0.05, 0) is 18.2 Å². The maximum absolute atomic E-state index is 6.17. The number of nitrogens with two attached hydrogens (primary N) is 1. The molecule has 0 aliphatic carbocycles. The second-order valence-electron chi connectivity index (χ2n) is 3.62. The van der Waals surface area contributed by atoms with Gasteiger partial charge in [0.1, 0.15) is 5.52 Å². The van der Waals surface area contributed by atoms with Crippen LogP contribution in [0.5, 0.6) is 0 Å². The number of aromatic nitrogens is 3. The molecule has 0 unspecified atom stereocenters. The molecule has 0 radical (unpaired) electrons. The van der Waals surface area contributed by atoms with Crippen LogP contribution in [0.25, 0.3) is 16.7 Å². The summed E-state index contributed by atoms with van der Waals surface area (Å²) in [5.41, 5.74) is 8.39. The maximum atomic E-state index is 6.17. The Morgan fingerprint density at radius 3 is 2.82 bits per heavy atom. The first-order valence-electron chi connectivity index (χ1n) is 5.10. The topological polar surface area (TPSA) is 56.7 Å². The van der Waals surface area contributed by atoms with Gasteiger partial charge in [-0.2, -0.15) is 0 Å². The third kappa shape index (κ3) is 1.54. The highest BCUT2D eigenvalue weighted by Gasteiger charge is 2.11. The highest BCUT2D eigenvalue weighted by molar-refractivity contribution is 6.32. The highest BCUT2D eigenvalue weighted by Crippen LogP contribution is 2.27. The van der Waals surface area contributed by atoms with E-state index >= 15 is 0 Å². The number of benzene rings is 1. The first-order valence-corrected chi connectivity index (χ1v) is 5.48. The van der Waals surface area contributed by atoms with Crippen molar-refractivity contribution < 1.29 is 0 Å². The van der Waals surface area contributed by atoms with Crippen LogP contribution in [0.1, 0.15) is 0 Å². The summed E-state index contributed by atoms with van der Waals surface area (Å²) in [5.74, 6) is 0.404. The number of hydrogen-bond donors (Lipinski definition) is 1. The van der Waals surface area contributed by atoms with Crippen molar-refractivity contribution in [1.82, 2.24) is 14.5 Å². The fraction of sp³-hybridized carbons (Fsp3) is 0. The van der Waals surface area contributed by atoms with Crippen molar-refractivity contribution in [3.8, 4) is 5.69 Å². The van der Waals surface area contributed by atoms with Crippen molar-refractivity contribution in [2.75, 3.05) is 5.73 Å². The Morgan fingerprint density at radius 1 is 1.18 bits per heavy atom. The zero-order valence-electron chi connectivity index (χ0n) is 8.84. The number of pyridine rings is 1. The summed E-state index contributed by atoms with van der Waals surface area (Å²) in [6, 6.07) is 9.38. The Labute approximate surface area is 103 Å². The largest absolute Gasteiger partial charge is 0.369 e. The summed E-state index contributed by atoms with van der Waals surface area (Å²) >= 11 is 6.17. The van der Waals surface area contributed by atoms with Gasteiger partial charge in [-0.25, -0.2) is 4.98 Å². The fourth-order valence-electron chi connectivity index (χ4n) is 1.84. The van der Waals surface area contributed by atoms with Crippen LogP contribution in [0.3, 0.4) is 0 Å². The number of nitrogen functional groups attached to an aromatic ring is 1. The summed E-state index contributed by atoms with van der Waals surface area (Å²) in [4.78, 5) is 8.27. The van der Waals surface area contributed by atoms with E-state index in [4.69, 9.17) is 17.3 Å². The minimum absolute atomic E-state index is 0.404. The van der Waals surface area contributed by atoms with E-state index in [1.54, 1.807) is 12.4 Å². The molecule has 17 heavy (non-hydrogen) atoms. The third-order valence-corrected chi connectivity index (χ3v) is 2.90. The Bertz CT molecular complexity index is 690. The molecular weight excluding hydrogens is 236 g/mol. The molecule has 0 saturated heterocycles. The van der Waals surface area contributed by atoms with Crippen molar-refractivity contribution in [1.29, 1.82) is 0 Å². The van der Waals surface area contributed by atoms with Crippen LogP contribution in [-0.2, 0) is 0 Å². The van der Waals surface area contributed by atoms with Gasteiger partial charge in [-0.3, -0.25) is 9.55 Å². The van der Waals surface area contributed by atoms with E-state index in [0.717, 1.165) is 16.7 Å². The molecule has 3 rings (SSSR count). The molecule has 2 aromatic heterocycles. The van der Waals surface area contributed by atoms with Crippen molar-refractivity contribution >= 4 is 28.6 Å². The first kappa shape index (κ1) is 10.1. The summed E-state index contributed by atoms with van der Waals surface area (Å²) < 4.78 is 1.82. The van der Waals surface area contributed by atoms with Gasteiger partial charge in [0.25, 0.3) is 0 Å². The van der Waals surface area contributed by atoms with Crippen molar-refractivity contribution in [2.24, 2.45) is 0 Å². The van der Waals surface area contributed by atoms with E-state index in [-0.39, 0.29) is 0 Å². The maximum Gasteiger partial charge on any atom is 0.206 e. The van der Waals surface area contributed by atoms with Crippen LogP contribution >= 0.6 is 11.6 Å². The Morgan fingerprint density at radius 2 is 2.00 bits per heavy atom. The monoisotopic (exact) mass is 244 g/mol. The molecule has 0 atom stereocenters. The molecule has 1 aromatic carbocycles. The van der Waals surface area contributed by atoms with Crippen LogP contribution in [-0.4, -0.2) is 14.5 Å². The molecule has 3 aromatic rings. The van der Waals surface area contributed by atoms with E-state index in [1.807, 2.05) is 34.9 Å². The lowest BCUT2D eigenvalue weighted by atomic mass is 10.3. The normalized spacial score (nSPS) is 10.9. The van der Waals surface area contributed by atoms with Crippen LogP contribution in [0.15, 0.2) is 42.7 Å². The summed E-state index contributed by atoms with van der Waals surface area (Å²) in [6.45, 7) is 0. The van der Waals surface area contributed by atoms with Gasteiger partial charge in [-0.1, -0.05) is 23.7 Å². The minimum Gasteiger partial charge on any atom is -0.369 e. The molecule has 0 saturated carbocycles. The second kappa shape index (κ2) is 3.75. The molecule has 84 valence electrons. The van der Waals surface area contributed by atoms with E-state index in [2.05, 4.69) is 9.97 Å². The summed E-state index contributed by atoms with van der Waals surface area (Å²) in [7, 11) is 0. The molecule has 0 aliphatic rings. The van der Waals surface area contributed by atoms with E-state index in [1.165, 1.54) is 0 Å². The van der Waals surface area contributed by atoms with Gasteiger partial charge in [0.15, 0.2) is 0 Å². The van der Waals surface area contributed by atoms with Crippen LogP contribution in [0.4, 0.5) is 5.95 Å². The molecule has 2 heterocycles. The molecule has 4 nitrogen and oxygen atoms in total. The molecule has 0 amide bonds. The smallest absolute Gasteiger partial charge is 0.206 e. The zero-order chi connectivity index (χ0) is 11.8. The number of para-hydroxylation sites is 1. The fourth-order valence-corrected chi connectivity index (χ4v) is 2.06. The molecule has 0 bridgehead atoms. The van der Waals surface area contributed by atoms with E-state index in [0.29, 0.717) is 11.0 Å². The number of fused-ring (bicyclic) bond motifs is 1. The second-order valence-corrected chi connectivity index (χ2v) is 4.03. The van der Waals surface area contributed by atoms with Crippen molar-refractivity contribution in [2.45, 2.75) is 0 Å². The van der Waals surface area contributed by atoms with Crippen LogP contribution in [0, 0.1) is 0 Å². The Balaban J connectivity index is 2.38. The number of anilines is 1. The minimum atomic E-state index is 0.404. The van der Waals surface area contributed by atoms with Gasteiger partial charge < -0.3 is 5.73 Å². The lowest BCUT2D eigenvalue weighted by Crippen LogP contribution is -2.00. The Kier molecular flexibility index (Phi) is 2.23. The average Bonchev–Trinajstić information content (AvgIpc) is 2.66. The first-order chi connectivity index (χ1) is 8.27. The average molecular weight is 245 g/mol. The Hall–Kier alpha value is -2.07. The molecule has 0 spiro atoms. The van der Waals surface area contributed by atoms with E-state index < -0.39 is 0 Å². The summed E-state index contributed by atoms with van der Waals surface area (Å²) in [5, 5.41) is 0.635. The highest BCUT2D eigenvalue weighted by atomic mass is 35.5. The van der Waals surface area contributed by atoms with Crippen molar-refractivity contribution in [3.05, 3.63) is 47.7 Å². The number of imidazole rings is 1. The van der Waals surface area contributed by atoms with Crippen molar-refractivity contribution in [3.63, 3.8) is 0 Å². The predicted octanol–water partition coefficient (Wildman–Crippen LogP) is 2.66. The van der Waals surface area contributed by atoms with Gasteiger partial charge in [0.2, 0.25) is 5.95 Å². The molecule has 2 N–H and O–H groups in total. The van der Waals surface area contributed by atoms with Gasteiger partial charge >= 0.3 is 0 Å². The standard InChI is InChI=1S/C12H9ClN4/c13-8-3-1-2-4-10(8)17-11-5-6-15-7-9(11)16-12(17)14/h1-7H,(H2,14,16). The van der Waals surface area contributed by atoms with Gasteiger partial charge in [-0.15, -0.1) is 0 Å². The number of rotatable bonds is 1. The van der Waals surface area contributed by atoms with Crippen LogP contribution in [0.2, 0.25) is 5.02 Å².